The summed E-state index contributed by atoms with van der Waals surface area (Å²) < 4.78 is 11.1. The molecule has 1 aliphatic heterocycles. The minimum absolute atomic E-state index is 0.264. The lowest BCUT2D eigenvalue weighted by molar-refractivity contribution is 0.0527. The summed E-state index contributed by atoms with van der Waals surface area (Å²) >= 11 is 0. The van der Waals surface area contributed by atoms with Crippen LogP contribution in [0.25, 0.3) is 0 Å². The zero-order valence-electron chi connectivity index (χ0n) is 17.8. The third-order valence-corrected chi connectivity index (χ3v) is 4.26. The molecule has 1 heterocycles. The number of amides is 1. The first-order chi connectivity index (χ1) is 12.5. The fourth-order valence-corrected chi connectivity index (χ4v) is 3.25. The molecule has 152 valence electrons. The molecule has 2 rings (SSSR count). The Kier molecular flexibility index (Phi) is 7.15. The quantitative estimate of drug-likeness (QED) is 0.712. The van der Waals surface area contributed by atoms with E-state index in [1.54, 1.807) is 0 Å². The van der Waals surface area contributed by atoms with E-state index in [4.69, 9.17) is 9.47 Å². The molecule has 0 fully saturated rings. The molecule has 0 aromatic heterocycles. The second-order valence-corrected chi connectivity index (χ2v) is 9.54. The van der Waals surface area contributed by atoms with E-state index >= 15 is 0 Å². The zero-order chi connectivity index (χ0) is 20.1. The van der Waals surface area contributed by atoms with Gasteiger partial charge in [0.2, 0.25) is 0 Å². The highest BCUT2D eigenvalue weighted by Crippen LogP contribution is 2.34. The number of rotatable bonds is 6. The monoisotopic (exact) mass is 376 g/mol. The Morgan fingerprint density at radius 1 is 1.19 bits per heavy atom. The lowest BCUT2D eigenvalue weighted by atomic mass is 9.86. The van der Waals surface area contributed by atoms with Gasteiger partial charge in [-0.25, -0.2) is 4.79 Å². The van der Waals surface area contributed by atoms with Crippen LogP contribution in [0.5, 0.6) is 5.75 Å². The van der Waals surface area contributed by atoms with Crippen molar-refractivity contribution in [2.24, 2.45) is 5.41 Å². The number of hydrogen-bond donors (Lipinski definition) is 2. The van der Waals surface area contributed by atoms with E-state index in [-0.39, 0.29) is 11.5 Å². The van der Waals surface area contributed by atoms with Crippen molar-refractivity contribution in [2.75, 3.05) is 19.7 Å². The van der Waals surface area contributed by atoms with E-state index in [9.17, 15) is 4.79 Å². The molecule has 27 heavy (non-hydrogen) atoms. The van der Waals surface area contributed by atoms with Crippen molar-refractivity contribution in [3.8, 4) is 5.75 Å². The average Bonchev–Trinajstić information content (AvgIpc) is 2.51. The Morgan fingerprint density at radius 3 is 2.59 bits per heavy atom. The molecule has 1 aromatic carbocycles. The lowest BCUT2D eigenvalue weighted by Gasteiger charge is -2.28. The molecule has 1 amide bonds. The van der Waals surface area contributed by atoms with Crippen LogP contribution in [0.2, 0.25) is 0 Å². The van der Waals surface area contributed by atoms with Crippen LogP contribution in [-0.2, 0) is 11.2 Å². The van der Waals surface area contributed by atoms with Gasteiger partial charge in [-0.05, 0) is 57.2 Å². The Bertz CT molecular complexity index is 629. The molecule has 0 bridgehead atoms. The lowest BCUT2D eigenvalue weighted by Crippen LogP contribution is -2.34. The van der Waals surface area contributed by atoms with Gasteiger partial charge in [-0.1, -0.05) is 32.9 Å². The Morgan fingerprint density at radius 2 is 1.93 bits per heavy atom. The highest BCUT2D eigenvalue weighted by molar-refractivity contribution is 5.67. The molecule has 2 N–H and O–H groups in total. The highest BCUT2D eigenvalue weighted by atomic mass is 16.6. The van der Waals surface area contributed by atoms with Crippen molar-refractivity contribution >= 4 is 6.09 Å². The zero-order valence-corrected chi connectivity index (χ0v) is 17.8. The number of carbonyl (C=O) groups excluding carboxylic acids is 1. The molecule has 0 radical (unpaired) electrons. The summed E-state index contributed by atoms with van der Waals surface area (Å²) in [4.78, 5) is 11.7. The van der Waals surface area contributed by atoms with Gasteiger partial charge >= 0.3 is 6.09 Å². The third-order valence-electron chi connectivity index (χ3n) is 4.26. The average molecular weight is 377 g/mol. The van der Waals surface area contributed by atoms with Crippen molar-refractivity contribution < 1.29 is 14.3 Å². The number of nitrogens with one attached hydrogen (secondary N) is 2. The van der Waals surface area contributed by atoms with Crippen molar-refractivity contribution in [1.82, 2.24) is 10.6 Å². The molecule has 1 atom stereocenters. The molecule has 5 heteroatoms. The Labute approximate surface area is 164 Å². The normalized spacial score (nSPS) is 17.0. The number of fused-ring (bicyclic) bond motifs is 1. The van der Waals surface area contributed by atoms with Crippen LogP contribution in [0, 0.1) is 5.41 Å². The number of hydrogen-bond acceptors (Lipinski definition) is 4. The van der Waals surface area contributed by atoms with Crippen LogP contribution in [-0.4, -0.2) is 31.4 Å². The fraction of sp³-hybridized carbons (Fsp3) is 0.682. The minimum atomic E-state index is -0.459. The number of carbonyl (C=O) groups is 1. The van der Waals surface area contributed by atoms with Crippen molar-refractivity contribution in [2.45, 2.75) is 72.4 Å². The molecule has 0 spiro atoms. The molecule has 0 saturated carbocycles. The summed E-state index contributed by atoms with van der Waals surface area (Å²) in [5.74, 6) is 0.989. The van der Waals surface area contributed by atoms with Gasteiger partial charge in [-0.2, -0.15) is 0 Å². The van der Waals surface area contributed by atoms with E-state index in [1.165, 1.54) is 11.1 Å². The second kappa shape index (κ2) is 8.96. The van der Waals surface area contributed by atoms with Gasteiger partial charge in [-0.3, -0.25) is 0 Å². The number of alkyl carbamates (subject to hydrolysis) is 1. The van der Waals surface area contributed by atoms with Crippen LogP contribution in [0.3, 0.4) is 0 Å². The summed E-state index contributed by atoms with van der Waals surface area (Å²) in [7, 11) is 0. The molecule has 0 saturated heterocycles. The van der Waals surface area contributed by atoms with Crippen LogP contribution in [0.4, 0.5) is 4.79 Å². The predicted octanol–water partition coefficient (Wildman–Crippen LogP) is 4.60. The molecule has 1 aliphatic rings. The van der Waals surface area contributed by atoms with Crippen molar-refractivity contribution in [3.63, 3.8) is 0 Å². The van der Waals surface area contributed by atoms with Crippen LogP contribution >= 0.6 is 0 Å². The molecular weight excluding hydrogens is 340 g/mol. The Hall–Kier alpha value is -1.75. The van der Waals surface area contributed by atoms with E-state index in [1.807, 2.05) is 20.8 Å². The van der Waals surface area contributed by atoms with Gasteiger partial charge in [-0.15, -0.1) is 0 Å². The summed E-state index contributed by atoms with van der Waals surface area (Å²) in [5, 5.41) is 6.42. The summed E-state index contributed by atoms with van der Waals surface area (Å²) in [5.41, 5.74) is 2.41. The summed E-state index contributed by atoms with van der Waals surface area (Å²) in [6.07, 6.45) is 2.51. The van der Waals surface area contributed by atoms with Gasteiger partial charge in [0.1, 0.15) is 11.4 Å². The largest absolute Gasteiger partial charge is 0.493 e. The third kappa shape index (κ3) is 7.79. The van der Waals surface area contributed by atoms with E-state index in [0.717, 1.165) is 38.2 Å². The van der Waals surface area contributed by atoms with Gasteiger partial charge < -0.3 is 20.1 Å². The minimum Gasteiger partial charge on any atom is -0.493 e. The SMILES string of the molecule is CC(C)(C)Cc1ccc2c(c1)C(NCCCNC(=O)OC(C)(C)C)CCO2. The number of benzene rings is 1. The van der Waals surface area contributed by atoms with Gasteiger partial charge in [0.25, 0.3) is 0 Å². The van der Waals surface area contributed by atoms with Gasteiger partial charge in [0.05, 0.1) is 6.61 Å². The smallest absolute Gasteiger partial charge is 0.407 e. The second-order valence-electron chi connectivity index (χ2n) is 9.54. The predicted molar refractivity (Wildman–Crippen MR) is 109 cm³/mol. The van der Waals surface area contributed by atoms with Gasteiger partial charge in [0.15, 0.2) is 0 Å². The Balaban J connectivity index is 1.83. The maximum atomic E-state index is 11.7. The standard InChI is InChI=1S/C22H36N2O3/c1-21(2,3)15-16-8-9-19-17(14-16)18(10-13-26-19)23-11-7-12-24-20(25)27-22(4,5)6/h8-9,14,18,23H,7,10-13,15H2,1-6H3,(H,24,25). The fourth-order valence-electron chi connectivity index (χ4n) is 3.25. The molecule has 1 aromatic rings. The topological polar surface area (TPSA) is 59.6 Å². The van der Waals surface area contributed by atoms with E-state index in [0.29, 0.717) is 12.6 Å². The van der Waals surface area contributed by atoms with Crippen molar-refractivity contribution in [1.29, 1.82) is 0 Å². The van der Waals surface area contributed by atoms with E-state index < -0.39 is 5.60 Å². The van der Waals surface area contributed by atoms with Crippen molar-refractivity contribution in [3.05, 3.63) is 29.3 Å². The molecule has 1 unspecified atom stereocenters. The maximum Gasteiger partial charge on any atom is 0.407 e. The summed E-state index contributed by atoms with van der Waals surface area (Å²) in [6, 6.07) is 6.87. The first kappa shape index (κ1) is 21.5. The highest BCUT2D eigenvalue weighted by Gasteiger charge is 2.22. The first-order valence-electron chi connectivity index (χ1n) is 9.99. The van der Waals surface area contributed by atoms with Gasteiger partial charge in [0, 0.05) is 24.6 Å². The maximum absolute atomic E-state index is 11.7. The molecular formula is C22H36N2O3. The van der Waals surface area contributed by atoms with Crippen LogP contribution in [0.15, 0.2) is 18.2 Å². The molecule has 5 nitrogen and oxygen atoms in total. The van der Waals surface area contributed by atoms with Crippen LogP contribution in [0.1, 0.15) is 71.6 Å². The molecule has 0 aliphatic carbocycles. The summed E-state index contributed by atoms with van der Waals surface area (Å²) in [6.45, 7) is 14.5. The van der Waals surface area contributed by atoms with E-state index in [2.05, 4.69) is 49.6 Å². The number of ether oxygens (including phenoxy) is 2. The first-order valence-corrected chi connectivity index (χ1v) is 9.99. The van der Waals surface area contributed by atoms with Crippen LogP contribution < -0.4 is 15.4 Å².